The fourth-order valence-electron chi connectivity index (χ4n) is 2.31. The Balaban J connectivity index is 0. The molecule has 0 aromatic heterocycles. The Morgan fingerprint density at radius 3 is 2.04 bits per heavy atom. The normalized spacial score (nSPS) is 13.1. The van der Waals surface area contributed by atoms with Crippen LogP contribution in [0.15, 0.2) is 0 Å². The maximum atomic E-state index is 10.7. The van der Waals surface area contributed by atoms with E-state index in [4.69, 9.17) is 5.11 Å². The molecule has 0 heterocycles. The number of carbonyl (C=O) groups excluding carboxylic acids is 1. The zero-order valence-electron chi connectivity index (χ0n) is 14.6. The number of unbranched alkanes of at least 4 members (excludes halogenated alkanes) is 7. The molecule has 6 nitrogen and oxygen atoms in total. The van der Waals surface area contributed by atoms with Gasteiger partial charge in [-0.05, 0) is 6.42 Å². The Morgan fingerprint density at radius 1 is 1.04 bits per heavy atom. The van der Waals surface area contributed by atoms with Crippen LogP contribution < -0.4 is 40.0 Å². The number of carboxylic acids is 2. The van der Waals surface area contributed by atoms with E-state index in [-0.39, 0.29) is 36.1 Å². The first-order valence-electron chi connectivity index (χ1n) is 8.31. The summed E-state index contributed by atoms with van der Waals surface area (Å²) in [5.74, 6) is -2.67. The zero-order valence-corrected chi connectivity index (χ0v) is 16.6. The van der Waals surface area contributed by atoms with Crippen molar-refractivity contribution < 1.29 is 54.5 Å². The van der Waals surface area contributed by atoms with Crippen LogP contribution in [0.3, 0.4) is 0 Å². The molecule has 0 aliphatic heterocycles. The van der Waals surface area contributed by atoms with Gasteiger partial charge in [0.1, 0.15) is 0 Å². The average molecular weight is 339 g/mol. The summed E-state index contributed by atoms with van der Waals surface area (Å²) in [7, 11) is 0. The molecule has 1 unspecified atom stereocenters. The Hall–Kier alpha value is -0.140. The van der Waals surface area contributed by atoms with Crippen molar-refractivity contribution in [2.75, 3.05) is 6.54 Å². The molecule has 0 rings (SSSR count). The molecule has 130 valence electrons. The van der Waals surface area contributed by atoms with E-state index in [9.17, 15) is 19.8 Å². The predicted octanol–water partition coefficient (Wildman–Crippen LogP) is -1.94. The van der Waals surface area contributed by atoms with Gasteiger partial charge in [-0.25, -0.2) is 0 Å². The molecular formula is C16H30NNaO5. The van der Waals surface area contributed by atoms with Crippen molar-refractivity contribution in [3.63, 3.8) is 0 Å². The van der Waals surface area contributed by atoms with Crippen LogP contribution in [0.5, 0.6) is 0 Å². The quantitative estimate of drug-likeness (QED) is 0.237. The minimum atomic E-state index is -1.46. The molecule has 0 saturated carbocycles. The SMILES string of the molecule is CCCCCCCCCCC(O)CN[C@@H](CC(=O)O)C(=O)[O-].[Na+]. The van der Waals surface area contributed by atoms with Crippen LogP contribution in [0, 0.1) is 0 Å². The van der Waals surface area contributed by atoms with Crippen LogP contribution in [0.1, 0.15) is 71.1 Å². The van der Waals surface area contributed by atoms with E-state index < -0.39 is 30.5 Å². The second-order valence-electron chi connectivity index (χ2n) is 5.80. The summed E-state index contributed by atoms with van der Waals surface area (Å²) in [6.45, 7) is 2.26. The fourth-order valence-corrected chi connectivity index (χ4v) is 2.31. The van der Waals surface area contributed by atoms with Crippen molar-refractivity contribution in [3.05, 3.63) is 0 Å². The van der Waals surface area contributed by atoms with Gasteiger partial charge >= 0.3 is 35.5 Å². The third-order valence-electron chi connectivity index (χ3n) is 3.65. The van der Waals surface area contributed by atoms with E-state index in [1.54, 1.807) is 0 Å². The minimum absolute atomic E-state index is 0. The van der Waals surface area contributed by atoms with Crippen molar-refractivity contribution >= 4 is 11.9 Å². The Labute approximate surface area is 161 Å². The summed E-state index contributed by atoms with van der Waals surface area (Å²) in [6.07, 6.45) is 8.81. The first kappa shape index (κ1) is 25.1. The number of carboxylic acid groups (broad SMARTS) is 2. The molecule has 0 bridgehead atoms. The van der Waals surface area contributed by atoms with E-state index in [1.165, 1.54) is 32.1 Å². The topological polar surface area (TPSA) is 110 Å². The zero-order chi connectivity index (χ0) is 16.8. The second kappa shape index (κ2) is 16.7. The third kappa shape index (κ3) is 16.5. The number of hydrogen-bond donors (Lipinski definition) is 3. The van der Waals surface area contributed by atoms with Crippen LogP contribution in [-0.2, 0) is 9.59 Å². The van der Waals surface area contributed by atoms with Gasteiger partial charge in [0.05, 0.1) is 24.5 Å². The number of aliphatic hydroxyl groups excluding tert-OH is 1. The van der Waals surface area contributed by atoms with Gasteiger partial charge in [0, 0.05) is 6.54 Å². The average Bonchev–Trinajstić information content (AvgIpc) is 2.45. The Kier molecular flexibility index (Phi) is 18.2. The van der Waals surface area contributed by atoms with E-state index in [2.05, 4.69) is 12.2 Å². The maximum Gasteiger partial charge on any atom is 1.00 e. The minimum Gasteiger partial charge on any atom is -0.548 e. The molecule has 0 aliphatic carbocycles. The molecule has 2 atom stereocenters. The molecule has 0 saturated heterocycles. The van der Waals surface area contributed by atoms with Gasteiger partial charge in [-0.1, -0.05) is 58.3 Å². The molecule has 3 N–H and O–H groups in total. The van der Waals surface area contributed by atoms with Crippen molar-refractivity contribution in [2.45, 2.75) is 83.3 Å². The molecule has 0 spiro atoms. The number of nitrogens with one attached hydrogen (secondary N) is 1. The molecule has 7 heteroatoms. The van der Waals surface area contributed by atoms with Crippen molar-refractivity contribution in [2.24, 2.45) is 0 Å². The molecule has 0 aliphatic rings. The molecule has 0 fully saturated rings. The van der Waals surface area contributed by atoms with Gasteiger partial charge in [0.2, 0.25) is 0 Å². The van der Waals surface area contributed by atoms with Crippen LogP contribution in [0.2, 0.25) is 0 Å². The smallest absolute Gasteiger partial charge is 0.548 e. The summed E-state index contributed by atoms with van der Waals surface area (Å²) in [4.78, 5) is 21.2. The molecule has 0 amide bonds. The van der Waals surface area contributed by atoms with E-state index in [0.717, 1.165) is 19.3 Å². The summed E-state index contributed by atoms with van der Waals surface area (Å²) >= 11 is 0. The van der Waals surface area contributed by atoms with Crippen molar-refractivity contribution in [1.29, 1.82) is 0 Å². The summed E-state index contributed by atoms with van der Waals surface area (Å²) in [6, 6.07) is -1.26. The summed E-state index contributed by atoms with van der Waals surface area (Å²) in [5, 5.41) is 31.6. The number of aliphatic hydroxyl groups is 1. The molecular weight excluding hydrogens is 309 g/mol. The van der Waals surface area contributed by atoms with E-state index >= 15 is 0 Å². The van der Waals surface area contributed by atoms with Gasteiger partial charge in [0.25, 0.3) is 0 Å². The van der Waals surface area contributed by atoms with Gasteiger partial charge < -0.3 is 25.4 Å². The third-order valence-corrected chi connectivity index (χ3v) is 3.65. The second-order valence-corrected chi connectivity index (χ2v) is 5.80. The Bertz CT molecular complexity index is 315. The molecule has 0 aromatic rings. The first-order valence-corrected chi connectivity index (χ1v) is 8.31. The molecule has 0 aromatic carbocycles. The van der Waals surface area contributed by atoms with Crippen LogP contribution in [0.25, 0.3) is 0 Å². The van der Waals surface area contributed by atoms with Crippen molar-refractivity contribution in [3.8, 4) is 0 Å². The number of aliphatic carboxylic acids is 2. The van der Waals surface area contributed by atoms with Gasteiger partial charge in [-0.2, -0.15) is 0 Å². The Morgan fingerprint density at radius 2 is 1.57 bits per heavy atom. The van der Waals surface area contributed by atoms with Crippen molar-refractivity contribution in [1.82, 2.24) is 5.32 Å². The molecule has 23 heavy (non-hydrogen) atoms. The van der Waals surface area contributed by atoms with Crippen LogP contribution >= 0.6 is 0 Å². The van der Waals surface area contributed by atoms with Gasteiger partial charge in [-0.15, -0.1) is 0 Å². The fraction of sp³-hybridized carbons (Fsp3) is 0.875. The summed E-state index contributed by atoms with van der Waals surface area (Å²) < 4.78 is 0. The van der Waals surface area contributed by atoms with Gasteiger partial charge in [0.15, 0.2) is 0 Å². The molecule has 0 radical (unpaired) electrons. The number of hydrogen-bond acceptors (Lipinski definition) is 5. The van der Waals surface area contributed by atoms with Gasteiger partial charge in [-0.3, -0.25) is 4.79 Å². The standard InChI is InChI=1S/C16H31NO5.Na/c1-2-3-4-5-6-7-8-9-10-13(18)12-17-14(16(21)22)11-15(19)20;/h13-14,17-18H,2-12H2,1H3,(H,19,20)(H,21,22);/q;+1/p-1/t13?,14-;/m0./s1. The number of rotatable bonds is 15. The largest absolute Gasteiger partial charge is 1.00 e. The maximum absolute atomic E-state index is 10.7. The van der Waals surface area contributed by atoms with E-state index in [1.807, 2.05) is 0 Å². The summed E-state index contributed by atoms with van der Waals surface area (Å²) in [5.41, 5.74) is 0. The van der Waals surface area contributed by atoms with Crippen LogP contribution in [-0.4, -0.2) is 40.8 Å². The monoisotopic (exact) mass is 339 g/mol. The first-order chi connectivity index (χ1) is 10.5. The van der Waals surface area contributed by atoms with E-state index in [0.29, 0.717) is 6.42 Å². The number of carbonyl (C=O) groups is 2. The predicted molar refractivity (Wildman–Crippen MR) is 82.3 cm³/mol. The van der Waals surface area contributed by atoms with Crippen LogP contribution in [0.4, 0.5) is 0 Å².